The Hall–Kier alpha value is -2.10. The summed E-state index contributed by atoms with van der Waals surface area (Å²) in [5.74, 6) is -0.193. The Labute approximate surface area is 78.4 Å². The number of phenols is 1. The van der Waals surface area contributed by atoms with E-state index in [9.17, 15) is 14.7 Å². The van der Waals surface area contributed by atoms with Crippen LogP contribution in [-0.4, -0.2) is 11.4 Å². The average Bonchev–Trinajstić information content (AvgIpc) is 2.16. The van der Waals surface area contributed by atoms with Gasteiger partial charge in [-0.15, -0.1) is 0 Å². The van der Waals surface area contributed by atoms with Gasteiger partial charge in [-0.3, -0.25) is 4.79 Å². The van der Waals surface area contributed by atoms with Crippen LogP contribution in [0.1, 0.15) is 10.4 Å². The van der Waals surface area contributed by atoms with E-state index in [1.807, 2.05) is 0 Å². The molecule has 0 amide bonds. The summed E-state index contributed by atoms with van der Waals surface area (Å²) >= 11 is 0. The maximum absolute atomic E-state index is 10.8. The van der Waals surface area contributed by atoms with Gasteiger partial charge in [0.1, 0.15) is 11.3 Å². The molecule has 0 aliphatic carbocycles. The number of phenolic OH excluding ortho intramolecular Hbond substituents is 1. The van der Waals surface area contributed by atoms with Gasteiger partial charge in [-0.05, 0) is 12.1 Å². The van der Waals surface area contributed by atoms with Gasteiger partial charge < -0.3 is 9.52 Å². The van der Waals surface area contributed by atoms with Crippen LogP contribution in [0.3, 0.4) is 0 Å². The predicted molar refractivity (Wildman–Crippen MR) is 49.5 cm³/mol. The smallest absolute Gasteiger partial charge is 0.336 e. The van der Waals surface area contributed by atoms with Gasteiger partial charge in [0.15, 0.2) is 6.29 Å². The second-order valence-electron chi connectivity index (χ2n) is 2.82. The Balaban J connectivity index is 2.85. The minimum atomic E-state index is -0.490. The Bertz CT molecular complexity index is 554. The predicted octanol–water partition coefficient (Wildman–Crippen LogP) is 1.31. The fraction of sp³-hybridized carbons (Fsp3) is 0. The topological polar surface area (TPSA) is 67.5 Å². The molecule has 0 saturated carbocycles. The average molecular weight is 190 g/mol. The summed E-state index contributed by atoms with van der Waals surface area (Å²) in [6.45, 7) is 0. The van der Waals surface area contributed by atoms with Gasteiger partial charge in [-0.25, -0.2) is 4.79 Å². The number of aromatic hydroxyl groups is 1. The molecule has 2 rings (SSSR count). The summed E-state index contributed by atoms with van der Waals surface area (Å²) < 4.78 is 4.81. The van der Waals surface area contributed by atoms with Gasteiger partial charge in [0, 0.05) is 17.5 Å². The molecule has 0 aliphatic heterocycles. The van der Waals surface area contributed by atoms with Crippen molar-refractivity contribution in [2.45, 2.75) is 0 Å². The highest BCUT2D eigenvalue weighted by atomic mass is 16.4. The number of rotatable bonds is 1. The van der Waals surface area contributed by atoms with Gasteiger partial charge in [0.05, 0.1) is 5.56 Å². The van der Waals surface area contributed by atoms with Gasteiger partial charge in [-0.2, -0.15) is 0 Å². The second-order valence-corrected chi connectivity index (χ2v) is 2.82. The molecule has 2 aromatic rings. The zero-order valence-electron chi connectivity index (χ0n) is 7.06. The van der Waals surface area contributed by atoms with Crippen molar-refractivity contribution in [3.8, 4) is 5.75 Å². The largest absolute Gasteiger partial charge is 0.507 e. The van der Waals surface area contributed by atoms with Crippen molar-refractivity contribution < 1.29 is 14.3 Å². The van der Waals surface area contributed by atoms with E-state index in [1.165, 1.54) is 24.3 Å². The molecule has 0 bridgehead atoms. The zero-order valence-corrected chi connectivity index (χ0v) is 7.06. The van der Waals surface area contributed by atoms with Crippen molar-refractivity contribution in [2.24, 2.45) is 0 Å². The summed E-state index contributed by atoms with van der Waals surface area (Å²) in [4.78, 5) is 21.3. The van der Waals surface area contributed by atoms with E-state index in [0.717, 1.165) is 0 Å². The third-order valence-electron chi connectivity index (χ3n) is 1.90. The first-order valence-electron chi connectivity index (χ1n) is 3.93. The molecule has 0 radical (unpaired) electrons. The van der Waals surface area contributed by atoms with Crippen LogP contribution in [0.4, 0.5) is 0 Å². The number of carbonyl (C=O) groups excluding carboxylic acids is 1. The highest BCUT2D eigenvalue weighted by molar-refractivity contribution is 5.89. The third kappa shape index (κ3) is 1.26. The highest BCUT2D eigenvalue weighted by Crippen LogP contribution is 2.22. The van der Waals surface area contributed by atoms with Gasteiger partial charge in [0.2, 0.25) is 0 Å². The van der Waals surface area contributed by atoms with Crippen LogP contribution in [0.2, 0.25) is 0 Å². The molecule has 14 heavy (non-hydrogen) atoms. The summed E-state index contributed by atoms with van der Waals surface area (Å²) in [5.41, 5.74) is -0.0531. The first kappa shape index (κ1) is 8.50. The lowest BCUT2D eigenvalue weighted by molar-refractivity contribution is 0.112. The lowest BCUT2D eigenvalue weighted by Gasteiger charge is -1.99. The SMILES string of the molecule is O=Cc1cc2ccc(=O)oc2cc1O. The number of hydrogen-bond acceptors (Lipinski definition) is 4. The molecule has 4 heteroatoms. The summed E-state index contributed by atoms with van der Waals surface area (Å²) in [5, 5.41) is 9.91. The number of hydrogen-bond donors (Lipinski definition) is 1. The molecule has 0 spiro atoms. The summed E-state index contributed by atoms with van der Waals surface area (Å²) in [6, 6.07) is 5.50. The van der Waals surface area contributed by atoms with E-state index in [0.29, 0.717) is 11.7 Å². The van der Waals surface area contributed by atoms with Crippen molar-refractivity contribution in [3.63, 3.8) is 0 Å². The molecule has 70 valence electrons. The van der Waals surface area contributed by atoms with Crippen LogP contribution in [0.5, 0.6) is 5.75 Å². The van der Waals surface area contributed by atoms with Crippen LogP contribution >= 0.6 is 0 Å². The fourth-order valence-corrected chi connectivity index (χ4v) is 1.22. The first-order valence-corrected chi connectivity index (χ1v) is 3.93. The summed E-state index contributed by atoms with van der Waals surface area (Å²) in [7, 11) is 0. The zero-order chi connectivity index (χ0) is 10.1. The van der Waals surface area contributed by atoms with Gasteiger partial charge in [0.25, 0.3) is 0 Å². The van der Waals surface area contributed by atoms with Crippen LogP contribution in [0.25, 0.3) is 11.0 Å². The molecule has 0 unspecified atom stereocenters. The third-order valence-corrected chi connectivity index (χ3v) is 1.90. The van der Waals surface area contributed by atoms with Gasteiger partial charge in [-0.1, -0.05) is 0 Å². The minimum Gasteiger partial charge on any atom is -0.507 e. The van der Waals surface area contributed by atoms with Crippen LogP contribution < -0.4 is 5.63 Å². The molecule has 1 aromatic heterocycles. The molecule has 1 N–H and O–H groups in total. The van der Waals surface area contributed by atoms with E-state index >= 15 is 0 Å². The first-order chi connectivity index (χ1) is 6.70. The number of fused-ring (bicyclic) bond motifs is 1. The van der Waals surface area contributed by atoms with Gasteiger partial charge >= 0.3 is 5.63 Å². The van der Waals surface area contributed by atoms with Crippen LogP contribution in [-0.2, 0) is 0 Å². The lowest BCUT2D eigenvalue weighted by atomic mass is 10.1. The Kier molecular flexibility index (Phi) is 1.81. The molecule has 1 aromatic carbocycles. The number of aldehydes is 1. The molecule has 1 heterocycles. The molecule has 0 fully saturated rings. The molecule has 0 saturated heterocycles. The van der Waals surface area contributed by atoms with E-state index in [4.69, 9.17) is 4.42 Å². The van der Waals surface area contributed by atoms with Crippen molar-refractivity contribution >= 4 is 17.3 Å². The maximum atomic E-state index is 10.8. The molecule has 0 atom stereocenters. The van der Waals surface area contributed by atoms with E-state index < -0.39 is 5.63 Å². The Morgan fingerprint density at radius 2 is 2.07 bits per heavy atom. The highest BCUT2D eigenvalue weighted by Gasteiger charge is 2.04. The van der Waals surface area contributed by atoms with Crippen LogP contribution in [0, 0.1) is 0 Å². The van der Waals surface area contributed by atoms with Crippen molar-refractivity contribution in [3.05, 3.63) is 40.2 Å². The Morgan fingerprint density at radius 3 is 2.79 bits per heavy atom. The molecule has 0 aliphatic rings. The van der Waals surface area contributed by atoms with E-state index in [2.05, 4.69) is 0 Å². The van der Waals surface area contributed by atoms with E-state index in [1.54, 1.807) is 0 Å². The second kappa shape index (κ2) is 2.99. The maximum Gasteiger partial charge on any atom is 0.336 e. The van der Waals surface area contributed by atoms with Crippen molar-refractivity contribution in [1.82, 2.24) is 0 Å². The number of carbonyl (C=O) groups is 1. The number of benzene rings is 1. The Morgan fingerprint density at radius 1 is 1.29 bits per heavy atom. The fourth-order valence-electron chi connectivity index (χ4n) is 1.22. The quantitative estimate of drug-likeness (QED) is 0.543. The molecular weight excluding hydrogens is 184 g/mol. The van der Waals surface area contributed by atoms with Crippen molar-refractivity contribution in [1.29, 1.82) is 0 Å². The van der Waals surface area contributed by atoms with E-state index in [-0.39, 0.29) is 16.9 Å². The normalized spacial score (nSPS) is 10.3. The monoisotopic (exact) mass is 190 g/mol. The minimum absolute atomic E-state index is 0.173. The molecular formula is C10H6O4. The van der Waals surface area contributed by atoms with Crippen molar-refractivity contribution in [2.75, 3.05) is 0 Å². The van der Waals surface area contributed by atoms with Crippen LogP contribution in [0.15, 0.2) is 33.5 Å². The lowest BCUT2D eigenvalue weighted by Crippen LogP contribution is -1.94. The summed E-state index contributed by atoms with van der Waals surface area (Å²) in [6.07, 6.45) is 0.542. The standard InChI is InChI=1S/C10H6O4/c11-5-7-3-6-1-2-10(13)14-9(6)4-8(7)12/h1-5,12H. The molecule has 4 nitrogen and oxygen atoms in total.